The minimum absolute atomic E-state index is 0.0309. The predicted molar refractivity (Wildman–Crippen MR) is 128 cm³/mol. The molecule has 34 heavy (non-hydrogen) atoms. The number of ether oxygens (including phenoxy) is 1. The molecular formula is C28H24FNO4. The van der Waals surface area contributed by atoms with Gasteiger partial charge in [0.2, 0.25) is 5.76 Å². The first kappa shape index (κ1) is 21.9. The minimum Gasteiger partial charge on any atom is -0.497 e. The Morgan fingerprint density at radius 2 is 1.68 bits per heavy atom. The average Bonchev–Trinajstić information content (AvgIpc) is 3.15. The van der Waals surface area contributed by atoms with Crippen molar-refractivity contribution < 1.29 is 18.3 Å². The van der Waals surface area contributed by atoms with Crippen LogP contribution in [0.2, 0.25) is 0 Å². The normalized spacial score (nSPS) is 15.1. The molecule has 0 saturated carbocycles. The Kier molecular flexibility index (Phi) is 5.65. The van der Waals surface area contributed by atoms with Crippen LogP contribution in [0.4, 0.5) is 4.39 Å². The summed E-state index contributed by atoms with van der Waals surface area (Å²) in [7, 11) is 1.61. The van der Waals surface area contributed by atoms with Gasteiger partial charge in [-0.2, -0.15) is 0 Å². The van der Waals surface area contributed by atoms with Crippen LogP contribution in [0.3, 0.4) is 0 Å². The fourth-order valence-electron chi connectivity index (χ4n) is 4.55. The van der Waals surface area contributed by atoms with E-state index in [0.29, 0.717) is 13.0 Å². The Hall–Kier alpha value is -3.93. The molecule has 1 aliphatic rings. The number of nitrogens with zero attached hydrogens (tertiary/aromatic N) is 1. The maximum absolute atomic E-state index is 13.9. The van der Waals surface area contributed by atoms with Crippen LogP contribution in [-0.4, -0.2) is 24.5 Å². The number of benzene rings is 3. The smallest absolute Gasteiger partial charge is 0.290 e. The van der Waals surface area contributed by atoms with E-state index in [1.807, 2.05) is 48.5 Å². The van der Waals surface area contributed by atoms with Gasteiger partial charge in [-0.25, -0.2) is 4.39 Å². The van der Waals surface area contributed by atoms with E-state index in [1.54, 1.807) is 12.0 Å². The summed E-state index contributed by atoms with van der Waals surface area (Å²) in [5.41, 5.74) is 3.11. The molecule has 2 heterocycles. The summed E-state index contributed by atoms with van der Waals surface area (Å²) in [6.45, 7) is 2.46. The number of hydrogen-bond acceptors (Lipinski definition) is 4. The molecule has 0 bridgehead atoms. The van der Waals surface area contributed by atoms with Crippen molar-refractivity contribution in [2.45, 2.75) is 25.8 Å². The summed E-state index contributed by atoms with van der Waals surface area (Å²) in [5, 5.41) is 0.138. The van der Waals surface area contributed by atoms with E-state index >= 15 is 0 Å². The van der Waals surface area contributed by atoms with Gasteiger partial charge in [0, 0.05) is 6.54 Å². The Morgan fingerprint density at radius 3 is 2.35 bits per heavy atom. The quantitative estimate of drug-likeness (QED) is 0.395. The van der Waals surface area contributed by atoms with Crippen LogP contribution in [0.5, 0.6) is 5.75 Å². The lowest BCUT2D eigenvalue weighted by atomic mass is 9.97. The van der Waals surface area contributed by atoms with Gasteiger partial charge in [0.05, 0.1) is 24.1 Å². The number of hydrogen-bond donors (Lipinski definition) is 0. The third-order valence-corrected chi connectivity index (χ3v) is 6.43. The van der Waals surface area contributed by atoms with Gasteiger partial charge in [0.1, 0.15) is 17.1 Å². The molecule has 0 fully saturated rings. The van der Waals surface area contributed by atoms with Crippen LogP contribution in [0.1, 0.15) is 45.8 Å². The summed E-state index contributed by atoms with van der Waals surface area (Å²) >= 11 is 0. The number of aryl methyl sites for hydroxylation is 1. The van der Waals surface area contributed by atoms with Crippen LogP contribution >= 0.6 is 0 Å². The Morgan fingerprint density at radius 1 is 0.971 bits per heavy atom. The zero-order valence-electron chi connectivity index (χ0n) is 19.0. The van der Waals surface area contributed by atoms with Gasteiger partial charge in [0.25, 0.3) is 5.91 Å². The fourth-order valence-corrected chi connectivity index (χ4v) is 4.55. The third-order valence-electron chi connectivity index (χ3n) is 6.43. The molecule has 5 nitrogen and oxygen atoms in total. The molecule has 5 rings (SSSR count). The molecule has 0 aliphatic carbocycles. The SMILES string of the molecule is CCc1ccc([C@@H]2c3c(oc4ccc(F)cc4c3=O)C(=O)N2CCc2ccc(OC)cc2)cc1. The molecule has 3 aromatic carbocycles. The van der Waals surface area contributed by atoms with Gasteiger partial charge in [-0.05, 0) is 59.9 Å². The number of carbonyl (C=O) groups is 1. The van der Waals surface area contributed by atoms with Gasteiger partial charge in [0.15, 0.2) is 5.43 Å². The van der Waals surface area contributed by atoms with Crippen molar-refractivity contribution >= 4 is 16.9 Å². The molecule has 0 unspecified atom stereocenters. The highest BCUT2D eigenvalue weighted by Crippen LogP contribution is 2.38. The number of rotatable bonds is 6. The van der Waals surface area contributed by atoms with E-state index in [9.17, 15) is 14.0 Å². The van der Waals surface area contributed by atoms with Crippen molar-refractivity contribution in [2.75, 3.05) is 13.7 Å². The molecule has 4 aromatic rings. The first-order chi connectivity index (χ1) is 16.5. The Bertz CT molecular complexity index is 1420. The van der Waals surface area contributed by atoms with Crippen LogP contribution in [-0.2, 0) is 12.8 Å². The first-order valence-electron chi connectivity index (χ1n) is 11.3. The molecule has 0 N–H and O–H groups in total. The largest absolute Gasteiger partial charge is 0.497 e. The summed E-state index contributed by atoms with van der Waals surface area (Å²) in [6.07, 6.45) is 1.48. The molecule has 172 valence electrons. The van der Waals surface area contributed by atoms with Crippen molar-refractivity contribution in [3.63, 3.8) is 0 Å². The van der Waals surface area contributed by atoms with E-state index in [2.05, 4.69) is 6.92 Å². The number of carbonyl (C=O) groups excluding carboxylic acids is 1. The highest BCUT2D eigenvalue weighted by atomic mass is 19.1. The minimum atomic E-state index is -0.601. The first-order valence-corrected chi connectivity index (χ1v) is 11.3. The van der Waals surface area contributed by atoms with E-state index < -0.39 is 11.9 Å². The van der Waals surface area contributed by atoms with E-state index in [4.69, 9.17) is 9.15 Å². The summed E-state index contributed by atoms with van der Waals surface area (Å²) in [6, 6.07) is 18.7. The molecule has 1 aliphatic heterocycles. The maximum Gasteiger partial charge on any atom is 0.290 e. The topological polar surface area (TPSA) is 59.8 Å². The van der Waals surface area contributed by atoms with Crippen molar-refractivity contribution in [2.24, 2.45) is 0 Å². The van der Waals surface area contributed by atoms with Crippen molar-refractivity contribution in [3.05, 3.63) is 111 Å². The van der Waals surface area contributed by atoms with Crippen molar-refractivity contribution in [3.8, 4) is 5.75 Å². The number of methoxy groups -OCH3 is 1. The summed E-state index contributed by atoms with van der Waals surface area (Å²) in [5.74, 6) is -0.0693. The lowest BCUT2D eigenvalue weighted by Gasteiger charge is -2.25. The van der Waals surface area contributed by atoms with Crippen molar-refractivity contribution in [1.29, 1.82) is 0 Å². The van der Waals surface area contributed by atoms with Gasteiger partial charge in [-0.3, -0.25) is 9.59 Å². The molecule has 0 spiro atoms. The monoisotopic (exact) mass is 457 g/mol. The van der Waals surface area contributed by atoms with Gasteiger partial charge in [-0.1, -0.05) is 43.3 Å². The van der Waals surface area contributed by atoms with Crippen LogP contribution in [0.25, 0.3) is 11.0 Å². The lowest BCUT2D eigenvalue weighted by molar-refractivity contribution is 0.0730. The van der Waals surface area contributed by atoms with Crippen molar-refractivity contribution in [1.82, 2.24) is 4.90 Å². The molecule has 1 aromatic heterocycles. The molecular weight excluding hydrogens is 433 g/mol. The molecule has 1 atom stereocenters. The zero-order chi connectivity index (χ0) is 23.8. The molecule has 0 radical (unpaired) electrons. The third kappa shape index (κ3) is 3.75. The number of halogens is 1. The fraction of sp³-hybridized carbons (Fsp3) is 0.214. The maximum atomic E-state index is 13.9. The second-order valence-electron chi connectivity index (χ2n) is 8.41. The van der Waals surface area contributed by atoms with Crippen LogP contribution in [0, 0.1) is 5.82 Å². The Balaban J connectivity index is 1.59. The van der Waals surface area contributed by atoms with E-state index in [-0.39, 0.29) is 33.6 Å². The predicted octanol–water partition coefficient (Wildman–Crippen LogP) is 5.29. The molecule has 6 heteroatoms. The molecule has 1 amide bonds. The highest BCUT2D eigenvalue weighted by molar-refractivity contribution is 5.99. The highest BCUT2D eigenvalue weighted by Gasteiger charge is 2.42. The summed E-state index contributed by atoms with van der Waals surface area (Å²) < 4.78 is 25.0. The van der Waals surface area contributed by atoms with E-state index in [0.717, 1.165) is 28.9 Å². The summed E-state index contributed by atoms with van der Waals surface area (Å²) in [4.78, 5) is 28.7. The number of fused-ring (bicyclic) bond motifs is 2. The van der Waals surface area contributed by atoms with Gasteiger partial charge in [-0.15, -0.1) is 0 Å². The number of amides is 1. The second kappa shape index (κ2) is 8.78. The van der Waals surface area contributed by atoms with E-state index in [1.165, 1.54) is 18.2 Å². The average molecular weight is 458 g/mol. The lowest BCUT2D eigenvalue weighted by Crippen LogP contribution is -2.31. The van der Waals surface area contributed by atoms with Gasteiger partial charge >= 0.3 is 0 Å². The van der Waals surface area contributed by atoms with Gasteiger partial charge < -0.3 is 14.1 Å². The zero-order valence-corrected chi connectivity index (χ0v) is 19.0. The standard InChI is InChI=1S/C28H24FNO4/c1-3-17-4-8-19(9-5-17)25-24-26(31)22-16-20(29)10-13-23(22)34-27(24)28(32)30(25)15-14-18-6-11-21(33-2)12-7-18/h4-13,16,25H,3,14-15H2,1-2H3/t25-/m1/s1. The van der Waals surface area contributed by atoms with Crippen LogP contribution < -0.4 is 10.2 Å². The molecule has 0 saturated heterocycles. The van der Waals surface area contributed by atoms with Crippen LogP contribution in [0.15, 0.2) is 75.9 Å². The second-order valence-corrected chi connectivity index (χ2v) is 8.41. The Labute approximate surface area is 196 Å².